The summed E-state index contributed by atoms with van der Waals surface area (Å²) in [4.78, 5) is 0. The Balaban J connectivity index is 1.59. The van der Waals surface area contributed by atoms with E-state index in [0.717, 1.165) is 5.16 Å². The van der Waals surface area contributed by atoms with Crippen molar-refractivity contribution < 1.29 is 0 Å². The summed E-state index contributed by atoms with van der Waals surface area (Å²) in [7, 11) is 0. The van der Waals surface area contributed by atoms with Crippen LogP contribution in [0.25, 0.3) is 0 Å². The average molecular weight is 285 g/mol. The molecule has 2 saturated carbocycles. The van der Waals surface area contributed by atoms with E-state index in [-0.39, 0.29) is 0 Å². The summed E-state index contributed by atoms with van der Waals surface area (Å²) in [5.74, 6) is 1.93. The van der Waals surface area contributed by atoms with Crippen molar-refractivity contribution >= 4 is 11.8 Å². The predicted octanol–water partition coefficient (Wildman–Crippen LogP) is 4.34. The van der Waals surface area contributed by atoms with Crippen LogP contribution in [-0.4, -0.2) is 14.8 Å². The zero-order chi connectivity index (χ0) is 13.5. The first-order chi connectivity index (χ1) is 9.83. The third kappa shape index (κ3) is 2.37. The molecule has 0 unspecified atom stereocenters. The van der Waals surface area contributed by atoms with Crippen molar-refractivity contribution in [2.75, 3.05) is 0 Å². The van der Waals surface area contributed by atoms with Gasteiger partial charge in [-0.1, -0.05) is 42.1 Å². The van der Waals surface area contributed by atoms with Crippen molar-refractivity contribution in [3.63, 3.8) is 0 Å². The predicted molar refractivity (Wildman–Crippen MR) is 81.0 cm³/mol. The van der Waals surface area contributed by atoms with E-state index in [1.165, 1.54) is 37.1 Å². The molecule has 0 amide bonds. The quantitative estimate of drug-likeness (QED) is 0.765. The molecule has 3 nitrogen and oxygen atoms in total. The Morgan fingerprint density at radius 2 is 1.85 bits per heavy atom. The van der Waals surface area contributed by atoms with Gasteiger partial charge in [0.25, 0.3) is 0 Å². The Morgan fingerprint density at radius 1 is 1.10 bits per heavy atom. The molecule has 2 aliphatic carbocycles. The minimum absolute atomic E-state index is 0.421. The van der Waals surface area contributed by atoms with E-state index in [4.69, 9.17) is 0 Å². The van der Waals surface area contributed by atoms with E-state index in [1.54, 1.807) is 0 Å². The number of nitrogens with zero attached hydrogens (tertiary/aromatic N) is 3. The monoisotopic (exact) mass is 285 g/mol. The maximum atomic E-state index is 4.48. The Morgan fingerprint density at radius 3 is 2.50 bits per heavy atom. The Hall–Kier alpha value is -1.29. The Labute approximate surface area is 123 Å². The van der Waals surface area contributed by atoms with Gasteiger partial charge in [0.15, 0.2) is 5.16 Å². The summed E-state index contributed by atoms with van der Waals surface area (Å²) < 4.78 is 2.43. The van der Waals surface area contributed by atoms with Crippen LogP contribution in [0.5, 0.6) is 0 Å². The minimum Gasteiger partial charge on any atom is -0.303 e. The van der Waals surface area contributed by atoms with E-state index >= 15 is 0 Å². The van der Waals surface area contributed by atoms with Crippen LogP contribution in [0.15, 0.2) is 35.5 Å². The molecule has 4 rings (SSSR count). The first-order valence-electron chi connectivity index (χ1n) is 7.49. The molecule has 4 heteroatoms. The summed E-state index contributed by atoms with van der Waals surface area (Å²) in [6, 6.07) is 11.3. The number of thioether (sulfide) groups is 1. The van der Waals surface area contributed by atoms with Gasteiger partial charge >= 0.3 is 0 Å². The molecule has 0 spiro atoms. The van der Waals surface area contributed by atoms with Crippen molar-refractivity contribution in [3.8, 4) is 0 Å². The lowest BCUT2D eigenvalue weighted by atomic mass is 10.2. The molecular formula is C16H19N3S. The van der Waals surface area contributed by atoms with Crippen LogP contribution in [0.3, 0.4) is 0 Å². The second-order valence-corrected chi connectivity index (χ2v) is 7.19. The Kier molecular flexibility index (Phi) is 3.06. The lowest BCUT2D eigenvalue weighted by molar-refractivity contribution is 0.626. The maximum absolute atomic E-state index is 4.48. The second kappa shape index (κ2) is 4.92. The molecule has 2 aromatic rings. The third-order valence-corrected chi connectivity index (χ3v) is 5.21. The van der Waals surface area contributed by atoms with Gasteiger partial charge in [0.05, 0.1) is 0 Å². The van der Waals surface area contributed by atoms with Gasteiger partial charge in [-0.15, -0.1) is 10.2 Å². The van der Waals surface area contributed by atoms with Gasteiger partial charge in [-0.2, -0.15) is 0 Å². The van der Waals surface area contributed by atoms with Gasteiger partial charge in [-0.05, 0) is 38.2 Å². The van der Waals surface area contributed by atoms with Crippen molar-refractivity contribution in [1.29, 1.82) is 0 Å². The molecule has 20 heavy (non-hydrogen) atoms. The number of hydrogen-bond donors (Lipinski definition) is 0. The van der Waals surface area contributed by atoms with E-state index in [2.05, 4.69) is 52.0 Å². The van der Waals surface area contributed by atoms with Gasteiger partial charge < -0.3 is 4.57 Å². The third-order valence-electron chi connectivity index (χ3n) is 4.10. The zero-order valence-electron chi connectivity index (χ0n) is 11.7. The SMILES string of the molecule is C[C@H](Sc1nnc(C2CC2)n1C1CC1)c1ccccc1. The van der Waals surface area contributed by atoms with Gasteiger partial charge in [0, 0.05) is 17.2 Å². The number of benzene rings is 1. The van der Waals surface area contributed by atoms with E-state index in [9.17, 15) is 0 Å². The molecule has 0 aliphatic heterocycles. The largest absolute Gasteiger partial charge is 0.303 e. The molecule has 1 atom stereocenters. The fraction of sp³-hybridized carbons (Fsp3) is 0.500. The molecule has 0 saturated heterocycles. The second-order valence-electron chi connectivity index (χ2n) is 5.89. The van der Waals surface area contributed by atoms with E-state index in [0.29, 0.717) is 17.2 Å². The summed E-state index contributed by atoms with van der Waals surface area (Å²) in [5, 5.41) is 10.5. The standard InChI is InChI=1S/C16H19N3S/c1-11(12-5-3-2-4-6-12)20-16-18-17-15(13-7-8-13)19(16)14-9-10-14/h2-6,11,13-14H,7-10H2,1H3/t11-/m0/s1. The molecule has 104 valence electrons. The summed E-state index contributed by atoms with van der Waals surface area (Å²) >= 11 is 1.85. The van der Waals surface area contributed by atoms with Gasteiger partial charge in [0.1, 0.15) is 5.82 Å². The summed E-state index contributed by atoms with van der Waals surface area (Å²) in [5.41, 5.74) is 1.36. The van der Waals surface area contributed by atoms with Crippen LogP contribution < -0.4 is 0 Å². The highest BCUT2D eigenvalue weighted by Gasteiger charge is 2.36. The smallest absolute Gasteiger partial charge is 0.192 e. The Bertz CT molecular complexity index is 599. The van der Waals surface area contributed by atoms with Gasteiger partial charge in [-0.3, -0.25) is 0 Å². The fourth-order valence-corrected chi connectivity index (χ4v) is 3.67. The first-order valence-corrected chi connectivity index (χ1v) is 8.37. The van der Waals surface area contributed by atoms with Crippen molar-refractivity contribution in [2.24, 2.45) is 0 Å². The number of aromatic nitrogens is 3. The van der Waals surface area contributed by atoms with Crippen molar-refractivity contribution in [2.45, 2.75) is 55.0 Å². The number of rotatable bonds is 5. The molecular weight excluding hydrogens is 266 g/mol. The molecule has 1 heterocycles. The topological polar surface area (TPSA) is 30.7 Å². The normalized spacial score (nSPS) is 20.1. The maximum Gasteiger partial charge on any atom is 0.192 e. The van der Waals surface area contributed by atoms with Crippen LogP contribution in [0.4, 0.5) is 0 Å². The highest BCUT2D eigenvalue weighted by Crippen LogP contribution is 2.47. The lowest BCUT2D eigenvalue weighted by Crippen LogP contribution is -2.02. The summed E-state index contributed by atoms with van der Waals surface area (Å²) in [6.45, 7) is 2.25. The van der Waals surface area contributed by atoms with Crippen LogP contribution in [0, 0.1) is 0 Å². The number of hydrogen-bond acceptors (Lipinski definition) is 3. The lowest BCUT2D eigenvalue weighted by Gasteiger charge is -2.13. The first kappa shape index (κ1) is 12.5. The highest BCUT2D eigenvalue weighted by molar-refractivity contribution is 7.99. The molecule has 2 fully saturated rings. The summed E-state index contributed by atoms with van der Waals surface area (Å²) in [6.07, 6.45) is 5.18. The molecule has 0 bridgehead atoms. The van der Waals surface area contributed by atoms with Gasteiger partial charge in [0.2, 0.25) is 0 Å². The van der Waals surface area contributed by atoms with Crippen LogP contribution >= 0.6 is 11.8 Å². The molecule has 0 N–H and O–H groups in total. The minimum atomic E-state index is 0.421. The molecule has 0 radical (unpaired) electrons. The molecule has 1 aromatic heterocycles. The highest BCUT2D eigenvalue weighted by atomic mass is 32.2. The molecule has 2 aliphatic rings. The van der Waals surface area contributed by atoms with E-state index in [1.807, 2.05) is 11.8 Å². The van der Waals surface area contributed by atoms with Crippen LogP contribution in [0.1, 0.15) is 61.2 Å². The van der Waals surface area contributed by atoms with Gasteiger partial charge in [-0.25, -0.2) is 0 Å². The average Bonchev–Trinajstić information content (AvgIpc) is 3.39. The zero-order valence-corrected chi connectivity index (χ0v) is 12.5. The fourth-order valence-electron chi connectivity index (χ4n) is 2.61. The van der Waals surface area contributed by atoms with Crippen LogP contribution in [0.2, 0.25) is 0 Å². The molecule has 1 aromatic carbocycles. The van der Waals surface area contributed by atoms with Crippen molar-refractivity contribution in [3.05, 3.63) is 41.7 Å². The van der Waals surface area contributed by atoms with Crippen molar-refractivity contribution in [1.82, 2.24) is 14.8 Å². The van der Waals surface area contributed by atoms with E-state index < -0.39 is 0 Å². The van der Waals surface area contributed by atoms with Crippen LogP contribution in [-0.2, 0) is 0 Å².